The predicted molar refractivity (Wildman–Crippen MR) is 76.8 cm³/mol. The molecule has 3 fully saturated rings. The lowest BCUT2D eigenvalue weighted by Crippen LogP contribution is -2.61. The van der Waals surface area contributed by atoms with Gasteiger partial charge in [0.05, 0.1) is 6.17 Å². The third-order valence-corrected chi connectivity index (χ3v) is 5.36. The molecule has 0 saturated carbocycles. The van der Waals surface area contributed by atoms with Gasteiger partial charge in [0.25, 0.3) is 0 Å². The molecule has 0 radical (unpaired) electrons. The summed E-state index contributed by atoms with van der Waals surface area (Å²) in [5.74, 6) is 0.426. The third-order valence-electron chi connectivity index (χ3n) is 5.36. The van der Waals surface area contributed by atoms with Gasteiger partial charge in [-0.15, -0.1) is 0 Å². The Bertz CT molecular complexity index is 331. The first-order valence-electron chi connectivity index (χ1n) is 8.38. The molecule has 3 aliphatic rings. The standard InChI is InChI=1S/C16H28N2O/c1-2-3-4-8-14-12-13-7-5-6-11-17(13)15-9-10-16(19)18(14)15/h13-15H,2-12H2,1H3/t13-,14+,15-/m1/s1. The van der Waals surface area contributed by atoms with Gasteiger partial charge in [-0.1, -0.05) is 32.6 Å². The quantitative estimate of drug-likeness (QED) is 0.728. The van der Waals surface area contributed by atoms with E-state index in [0.29, 0.717) is 18.1 Å². The van der Waals surface area contributed by atoms with E-state index in [-0.39, 0.29) is 0 Å². The van der Waals surface area contributed by atoms with E-state index in [4.69, 9.17) is 0 Å². The smallest absolute Gasteiger partial charge is 0.224 e. The minimum absolute atomic E-state index is 0.426. The van der Waals surface area contributed by atoms with Gasteiger partial charge in [0.2, 0.25) is 5.91 Å². The molecule has 108 valence electrons. The number of carbonyl (C=O) groups excluding carboxylic acids is 1. The van der Waals surface area contributed by atoms with Gasteiger partial charge in [-0.3, -0.25) is 9.69 Å². The molecule has 3 aliphatic heterocycles. The number of nitrogens with zero attached hydrogens (tertiary/aromatic N) is 2. The molecular formula is C16H28N2O. The maximum atomic E-state index is 12.2. The van der Waals surface area contributed by atoms with Crippen LogP contribution < -0.4 is 0 Å². The second-order valence-corrected chi connectivity index (χ2v) is 6.59. The number of carbonyl (C=O) groups is 1. The number of hydrogen-bond donors (Lipinski definition) is 0. The minimum atomic E-state index is 0.426. The van der Waals surface area contributed by atoms with Crippen molar-refractivity contribution in [2.75, 3.05) is 6.54 Å². The second kappa shape index (κ2) is 5.82. The van der Waals surface area contributed by atoms with E-state index >= 15 is 0 Å². The lowest BCUT2D eigenvalue weighted by molar-refractivity contribution is -0.142. The molecule has 0 N–H and O–H groups in total. The van der Waals surface area contributed by atoms with Crippen LogP contribution in [-0.2, 0) is 4.79 Å². The fraction of sp³-hybridized carbons (Fsp3) is 0.938. The monoisotopic (exact) mass is 264 g/mol. The van der Waals surface area contributed by atoms with Crippen molar-refractivity contribution in [3.05, 3.63) is 0 Å². The Hall–Kier alpha value is -0.570. The van der Waals surface area contributed by atoms with Crippen LogP contribution in [0.25, 0.3) is 0 Å². The van der Waals surface area contributed by atoms with E-state index in [1.165, 1.54) is 57.9 Å². The molecule has 0 bridgehead atoms. The average Bonchev–Trinajstić information content (AvgIpc) is 2.82. The van der Waals surface area contributed by atoms with Gasteiger partial charge < -0.3 is 4.90 Å². The fourth-order valence-electron chi connectivity index (χ4n) is 4.44. The highest BCUT2D eigenvalue weighted by Gasteiger charge is 2.46. The molecule has 0 spiro atoms. The largest absolute Gasteiger partial charge is 0.324 e. The van der Waals surface area contributed by atoms with Crippen LogP contribution in [0.5, 0.6) is 0 Å². The Kier molecular flexibility index (Phi) is 4.11. The highest BCUT2D eigenvalue weighted by Crippen LogP contribution is 2.38. The van der Waals surface area contributed by atoms with Crippen molar-refractivity contribution in [2.24, 2.45) is 0 Å². The van der Waals surface area contributed by atoms with Crippen LogP contribution in [0.4, 0.5) is 0 Å². The second-order valence-electron chi connectivity index (χ2n) is 6.59. The van der Waals surface area contributed by atoms with Gasteiger partial charge in [-0.05, 0) is 32.1 Å². The van der Waals surface area contributed by atoms with Crippen molar-refractivity contribution in [3.8, 4) is 0 Å². The number of hydrogen-bond acceptors (Lipinski definition) is 2. The number of unbranched alkanes of at least 4 members (excludes halogenated alkanes) is 2. The molecule has 3 saturated heterocycles. The molecule has 3 nitrogen and oxygen atoms in total. The summed E-state index contributed by atoms with van der Waals surface area (Å²) in [5.41, 5.74) is 0. The molecule has 3 atom stereocenters. The fourth-order valence-corrected chi connectivity index (χ4v) is 4.44. The van der Waals surface area contributed by atoms with E-state index < -0.39 is 0 Å². The van der Waals surface area contributed by atoms with E-state index in [1.807, 2.05) is 0 Å². The Labute approximate surface area is 117 Å². The Balaban J connectivity index is 1.71. The number of amides is 1. The van der Waals surface area contributed by atoms with Gasteiger partial charge in [0.15, 0.2) is 0 Å². The zero-order valence-corrected chi connectivity index (χ0v) is 12.3. The van der Waals surface area contributed by atoms with E-state index in [2.05, 4.69) is 16.7 Å². The summed E-state index contributed by atoms with van der Waals surface area (Å²) < 4.78 is 0. The SMILES string of the molecule is CCCCC[C@H]1C[C@H]2CCCCN2[C@H]2CCC(=O)N12. The van der Waals surface area contributed by atoms with Crippen LogP contribution in [0.3, 0.4) is 0 Å². The van der Waals surface area contributed by atoms with Crippen LogP contribution in [0, 0.1) is 0 Å². The summed E-state index contributed by atoms with van der Waals surface area (Å²) in [6, 6.07) is 1.32. The summed E-state index contributed by atoms with van der Waals surface area (Å²) >= 11 is 0. The molecule has 3 rings (SSSR count). The van der Waals surface area contributed by atoms with Crippen LogP contribution in [-0.4, -0.2) is 40.5 Å². The normalized spacial score (nSPS) is 35.3. The summed E-state index contributed by atoms with van der Waals surface area (Å²) in [6.07, 6.45) is 12.8. The average molecular weight is 264 g/mol. The first-order valence-corrected chi connectivity index (χ1v) is 8.38. The van der Waals surface area contributed by atoms with Crippen molar-refractivity contribution < 1.29 is 4.79 Å². The molecule has 0 aliphatic carbocycles. The summed E-state index contributed by atoms with van der Waals surface area (Å²) in [4.78, 5) is 17.2. The zero-order chi connectivity index (χ0) is 13.2. The zero-order valence-electron chi connectivity index (χ0n) is 12.3. The molecule has 0 aromatic rings. The van der Waals surface area contributed by atoms with E-state index in [0.717, 1.165) is 18.9 Å². The molecule has 0 aromatic carbocycles. The molecule has 19 heavy (non-hydrogen) atoms. The van der Waals surface area contributed by atoms with Crippen LogP contribution in [0.1, 0.15) is 71.1 Å². The summed E-state index contributed by atoms with van der Waals surface area (Å²) in [6.45, 7) is 3.48. The molecule has 0 unspecified atom stereocenters. The van der Waals surface area contributed by atoms with Crippen LogP contribution >= 0.6 is 0 Å². The lowest BCUT2D eigenvalue weighted by Gasteiger charge is -2.51. The topological polar surface area (TPSA) is 23.6 Å². The molecule has 3 heterocycles. The van der Waals surface area contributed by atoms with Crippen molar-refractivity contribution in [3.63, 3.8) is 0 Å². The van der Waals surface area contributed by atoms with Gasteiger partial charge in [0.1, 0.15) is 0 Å². The van der Waals surface area contributed by atoms with Crippen molar-refractivity contribution in [1.82, 2.24) is 9.80 Å². The van der Waals surface area contributed by atoms with E-state index in [1.54, 1.807) is 0 Å². The first-order chi connectivity index (χ1) is 9.31. The summed E-state index contributed by atoms with van der Waals surface area (Å²) in [7, 11) is 0. The van der Waals surface area contributed by atoms with Crippen molar-refractivity contribution >= 4 is 5.91 Å². The molecule has 3 heteroatoms. The minimum Gasteiger partial charge on any atom is -0.324 e. The van der Waals surface area contributed by atoms with Gasteiger partial charge >= 0.3 is 0 Å². The van der Waals surface area contributed by atoms with Crippen LogP contribution in [0.2, 0.25) is 0 Å². The van der Waals surface area contributed by atoms with Gasteiger partial charge in [-0.25, -0.2) is 0 Å². The Morgan fingerprint density at radius 2 is 2.11 bits per heavy atom. The number of fused-ring (bicyclic) bond motifs is 3. The summed E-state index contributed by atoms with van der Waals surface area (Å²) in [5, 5.41) is 0. The highest BCUT2D eigenvalue weighted by atomic mass is 16.2. The maximum Gasteiger partial charge on any atom is 0.224 e. The van der Waals surface area contributed by atoms with Crippen LogP contribution in [0.15, 0.2) is 0 Å². The van der Waals surface area contributed by atoms with Crippen molar-refractivity contribution in [2.45, 2.75) is 89.4 Å². The highest BCUT2D eigenvalue weighted by molar-refractivity contribution is 5.79. The number of piperidine rings is 1. The predicted octanol–water partition coefficient (Wildman–Crippen LogP) is 3.14. The van der Waals surface area contributed by atoms with E-state index in [9.17, 15) is 4.79 Å². The Morgan fingerprint density at radius 1 is 1.21 bits per heavy atom. The maximum absolute atomic E-state index is 12.2. The van der Waals surface area contributed by atoms with Gasteiger partial charge in [0, 0.05) is 25.0 Å². The lowest BCUT2D eigenvalue weighted by atomic mass is 9.89. The molecular weight excluding hydrogens is 236 g/mol. The van der Waals surface area contributed by atoms with Crippen molar-refractivity contribution in [1.29, 1.82) is 0 Å². The molecule has 0 aromatic heterocycles. The Morgan fingerprint density at radius 3 is 2.95 bits per heavy atom. The molecule has 1 amide bonds. The number of rotatable bonds is 4. The third kappa shape index (κ3) is 2.54. The van der Waals surface area contributed by atoms with Gasteiger partial charge in [-0.2, -0.15) is 0 Å². The first kappa shape index (κ1) is 13.4.